The Hall–Kier alpha value is -2.63. The molecule has 2 rings (SSSR count). The van der Waals surface area contributed by atoms with Crippen molar-refractivity contribution >= 4 is 11.6 Å². The summed E-state index contributed by atoms with van der Waals surface area (Å²) < 4.78 is 18.4. The fourth-order valence-corrected chi connectivity index (χ4v) is 1.47. The highest BCUT2D eigenvalue weighted by Gasteiger charge is 2.08. The summed E-state index contributed by atoms with van der Waals surface area (Å²) in [4.78, 5) is 15.3. The van der Waals surface area contributed by atoms with Crippen LogP contribution in [0.1, 0.15) is 10.5 Å². The summed E-state index contributed by atoms with van der Waals surface area (Å²) in [6, 6.07) is 6.88. The monoisotopic (exact) mass is 261 g/mol. The number of amides is 1. The maximum Gasteiger partial charge on any atom is 0.269 e. The summed E-state index contributed by atoms with van der Waals surface area (Å²) in [5, 5.41) is 2.46. The van der Waals surface area contributed by atoms with E-state index in [1.807, 2.05) is 0 Å². The SMILES string of the molecule is CNC(=O)c1cc(Oc2ccc(F)cc2N)ccn1. The first-order valence-electron chi connectivity index (χ1n) is 5.51. The molecule has 6 heteroatoms. The van der Waals surface area contributed by atoms with E-state index < -0.39 is 5.82 Å². The molecule has 0 radical (unpaired) electrons. The first kappa shape index (κ1) is 12.8. The summed E-state index contributed by atoms with van der Waals surface area (Å²) in [5.41, 5.74) is 6.04. The van der Waals surface area contributed by atoms with Gasteiger partial charge in [-0.15, -0.1) is 0 Å². The largest absolute Gasteiger partial charge is 0.455 e. The van der Waals surface area contributed by atoms with Crippen LogP contribution in [0.25, 0.3) is 0 Å². The maximum atomic E-state index is 12.9. The molecule has 5 nitrogen and oxygen atoms in total. The quantitative estimate of drug-likeness (QED) is 0.828. The standard InChI is InChI=1S/C13H12FN3O2/c1-16-13(18)11-7-9(4-5-17-11)19-12-3-2-8(14)6-10(12)15/h2-7H,15H2,1H3,(H,16,18). The van der Waals surface area contributed by atoms with Crippen molar-refractivity contribution in [3.8, 4) is 11.5 Å². The van der Waals surface area contributed by atoms with E-state index in [0.717, 1.165) is 6.07 Å². The summed E-state index contributed by atoms with van der Waals surface area (Å²) in [5.74, 6) is -0.0504. The van der Waals surface area contributed by atoms with Gasteiger partial charge in [0.25, 0.3) is 5.91 Å². The number of anilines is 1. The summed E-state index contributed by atoms with van der Waals surface area (Å²) in [6.07, 6.45) is 1.44. The second-order valence-electron chi connectivity index (χ2n) is 3.74. The molecule has 3 N–H and O–H groups in total. The second-order valence-corrected chi connectivity index (χ2v) is 3.74. The van der Waals surface area contributed by atoms with Crippen molar-refractivity contribution in [3.63, 3.8) is 0 Å². The highest BCUT2D eigenvalue weighted by Crippen LogP contribution is 2.27. The Kier molecular flexibility index (Phi) is 3.61. The van der Waals surface area contributed by atoms with Crippen molar-refractivity contribution in [3.05, 3.63) is 48.0 Å². The van der Waals surface area contributed by atoms with Gasteiger partial charge in [0, 0.05) is 25.4 Å². The lowest BCUT2D eigenvalue weighted by Gasteiger charge is -2.09. The van der Waals surface area contributed by atoms with Crippen LogP contribution >= 0.6 is 0 Å². The van der Waals surface area contributed by atoms with Crippen LogP contribution in [0, 0.1) is 5.82 Å². The number of carbonyl (C=O) groups excluding carboxylic acids is 1. The van der Waals surface area contributed by atoms with Crippen LogP contribution in [0.4, 0.5) is 10.1 Å². The number of benzene rings is 1. The van der Waals surface area contributed by atoms with Crippen LogP contribution < -0.4 is 15.8 Å². The normalized spacial score (nSPS) is 10.0. The van der Waals surface area contributed by atoms with Gasteiger partial charge < -0.3 is 15.8 Å². The second kappa shape index (κ2) is 5.34. The van der Waals surface area contributed by atoms with Gasteiger partial charge in [0.15, 0.2) is 5.75 Å². The molecule has 0 saturated carbocycles. The van der Waals surface area contributed by atoms with Gasteiger partial charge in [0.1, 0.15) is 17.3 Å². The molecule has 0 aliphatic carbocycles. The molecule has 0 unspecified atom stereocenters. The summed E-state index contributed by atoms with van der Waals surface area (Å²) >= 11 is 0. The molecule has 1 aromatic heterocycles. The number of rotatable bonds is 3. The van der Waals surface area contributed by atoms with Gasteiger partial charge in [-0.2, -0.15) is 0 Å². The zero-order valence-electron chi connectivity index (χ0n) is 10.2. The zero-order valence-corrected chi connectivity index (χ0v) is 10.2. The number of pyridine rings is 1. The number of nitrogen functional groups attached to an aromatic ring is 1. The fourth-order valence-electron chi connectivity index (χ4n) is 1.47. The summed E-state index contributed by atoms with van der Waals surface area (Å²) in [7, 11) is 1.51. The molecule has 0 fully saturated rings. The Morgan fingerprint density at radius 2 is 2.16 bits per heavy atom. The average Bonchev–Trinajstić information content (AvgIpc) is 2.41. The minimum Gasteiger partial charge on any atom is -0.455 e. The van der Waals surface area contributed by atoms with Crippen LogP contribution in [0.15, 0.2) is 36.5 Å². The van der Waals surface area contributed by atoms with E-state index in [0.29, 0.717) is 11.5 Å². The third kappa shape index (κ3) is 2.98. The van der Waals surface area contributed by atoms with E-state index in [9.17, 15) is 9.18 Å². The van der Waals surface area contributed by atoms with Crippen LogP contribution in [0.5, 0.6) is 11.5 Å². The van der Waals surface area contributed by atoms with Gasteiger partial charge >= 0.3 is 0 Å². The van der Waals surface area contributed by atoms with Gasteiger partial charge in [0.2, 0.25) is 0 Å². The summed E-state index contributed by atoms with van der Waals surface area (Å²) in [6.45, 7) is 0. The molecule has 0 aliphatic rings. The first-order chi connectivity index (χ1) is 9.10. The first-order valence-corrected chi connectivity index (χ1v) is 5.51. The molecule has 0 atom stereocenters. The van der Waals surface area contributed by atoms with E-state index in [1.54, 1.807) is 6.07 Å². The molecular weight excluding hydrogens is 249 g/mol. The Bertz CT molecular complexity index is 617. The maximum absolute atomic E-state index is 12.9. The third-order valence-electron chi connectivity index (χ3n) is 2.39. The smallest absolute Gasteiger partial charge is 0.269 e. The predicted octanol–water partition coefficient (Wildman–Crippen LogP) is 1.95. The number of aromatic nitrogens is 1. The molecule has 0 bridgehead atoms. The van der Waals surface area contributed by atoms with E-state index in [1.165, 1.54) is 31.4 Å². The number of nitrogens with zero attached hydrogens (tertiary/aromatic N) is 1. The minimum atomic E-state index is -0.439. The lowest BCUT2D eigenvalue weighted by molar-refractivity contribution is 0.0958. The predicted molar refractivity (Wildman–Crippen MR) is 68.5 cm³/mol. The Balaban J connectivity index is 2.26. The average molecular weight is 261 g/mol. The zero-order chi connectivity index (χ0) is 13.8. The van der Waals surface area contributed by atoms with Gasteiger partial charge in [0.05, 0.1) is 5.69 Å². The van der Waals surface area contributed by atoms with Crippen molar-refractivity contribution in [1.82, 2.24) is 10.3 Å². The molecule has 0 aliphatic heterocycles. The van der Waals surface area contributed by atoms with Crippen LogP contribution in [-0.4, -0.2) is 17.9 Å². The molecule has 0 saturated heterocycles. The van der Waals surface area contributed by atoms with Crippen LogP contribution in [0.3, 0.4) is 0 Å². The van der Waals surface area contributed by atoms with Crippen molar-refractivity contribution in [2.75, 3.05) is 12.8 Å². The highest BCUT2D eigenvalue weighted by atomic mass is 19.1. The van der Waals surface area contributed by atoms with E-state index in [2.05, 4.69) is 10.3 Å². The molecular formula is C13H12FN3O2. The van der Waals surface area contributed by atoms with Gasteiger partial charge in [-0.25, -0.2) is 4.39 Å². The van der Waals surface area contributed by atoms with Gasteiger partial charge in [-0.05, 0) is 18.2 Å². The van der Waals surface area contributed by atoms with E-state index in [-0.39, 0.29) is 17.3 Å². The number of hydrogen-bond acceptors (Lipinski definition) is 4. The number of hydrogen-bond donors (Lipinski definition) is 2. The number of carbonyl (C=O) groups is 1. The number of nitrogens with one attached hydrogen (secondary N) is 1. The molecule has 19 heavy (non-hydrogen) atoms. The Morgan fingerprint density at radius 1 is 1.37 bits per heavy atom. The van der Waals surface area contributed by atoms with Crippen molar-refractivity contribution in [2.24, 2.45) is 0 Å². The number of halogens is 1. The van der Waals surface area contributed by atoms with Crippen LogP contribution in [-0.2, 0) is 0 Å². The van der Waals surface area contributed by atoms with E-state index >= 15 is 0 Å². The number of ether oxygens (including phenoxy) is 1. The molecule has 1 amide bonds. The van der Waals surface area contributed by atoms with Crippen LogP contribution in [0.2, 0.25) is 0 Å². The van der Waals surface area contributed by atoms with Gasteiger partial charge in [-0.3, -0.25) is 9.78 Å². The Morgan fingerprint density at radius 3 is 2.84 bits per heavy atom. The fraction of sp³-hybridized carbons (Fsp3) is 0.0769. The lowest BCUT2D eigenvalue weighted by atomic mass is 10.3. The Labute approximate surface area is 109 Å². The third-order valence-corrected chi connectivity index (χ3v) is 2.39. The van der Waals surface area contributed by atoms with Crippen molar-refractivity contribution in [1.29, 1.82) is 0 Å². The molecule has 1 heterocycles. The van der Waals surface area contributed by atoms with Crippen molar-refractivity contribution in [2.45, 2.75) is 0 Å². The molecule has 2 aromatic rings. The topological polar surface area (TPSA) is 77.2 Å². The van der Waals surface area contributed by atoms with Gasteiger partial charge in [-0.1, -0.05) is 0 Å². The minimum absolute atomic E-state index is 0.179. The lowest BCUT2D eigenvalue weighted by Crippen LogP contribution is -2.18. The molecule has 98 valence electrons. The van der Waals surface area contributed by atoms with Crippen molar-refractivity contribution < 1.29 is 13.9 Å². The highest BCUT2D eigenvalue weighted by molar-refractivity contribution is 5.92. The van der Waals surface area contributed by atoms with E-state index in [4.69, 9.17) is 10.5 Å². The number of nitrogens with two attached hydrogens (primary N) is 1. The molecule has 0 spiro atoms. The molecule has 1 aromatic carbocycles.